The number of nitrogens with two attached hydrogens (primary N) is 1. The quantitative estimate of drug-likeness (QED) is 0.690. The van der Waals surface area contributed by atoms with Crippen LogP contribution in [0, 0.1) is 5.82 Å². The van der Waals surface area contributed by atoms with Crippen molar-refractivity contribution in [2.45, 2.75) is 18.9 Å². The highest BCUT2D eigenvalue weighted by Gasteiger charge is 2.27. The van der Waals surface area contributed by atoms with Crippen LogP contribution in [0.2, 0.25) is 0 Å². The molecule has 0 bridgehead atoms. The zero-order valence-corrected chi connectivity index (χ0v) is 7.55. The van der Waals surface area contributed by atoms with Crippen molar-refractivity contribution in [2.24, 2.45) is 5.73 Å². The average Bonchev–Trinajstić information content (AvgIpc) is 2.49. The molecule has 0 radical (unpaired) electrons. The predicted octanol–water partition coefficient (Wildman–Crippen LogP) is 1.68. The van der Waals surface area contributed by atoms with Gasteiger partial charge in [-0.15, -0.1) is 0 Å². The summed E-state index contributed by atoms with van der Waals surface area (Å²) in [6.45, 7) is 2.65. The Hall–Kier alpha value is -1.09. The molecule has 2 unspecified atom stereocenters. The third kappa shape index (κ3) is 1.29. The molecule has 2 rings (SSSR count). The van der Waals surface area contributed by atoms with Crippen LogP contribution < -0.4 is 11.1 Å². The van der Waals surface area contributed by atoms with Crippen LogP contribution in [0.25, 0.3) is 0 Å². The number of fused-ring (bicyclic) bond motifs is 1. The van der Waals surface area contributed by atoms with Gasteiger partial charge in [0.15, 0.2) is 0 Å². The van der Waals surface area contributed by atoms with Crippen LogP contribution >= 0.6 is 0 Å². The van der Waals surface area contributed by atoms with E-state index in [-0.39, 0.29) is 17.8 Å². The summed E-state index contributed by atoms with van der Waals surface area (Å²) in [7, 11) is 0. The van der Waals surface area contributed by atoms with Crippen LogP contribution in [0.1, 0.15) is 18.4 Å². The third-order valence-corrected chi connectivity index (χ3v) is 2.57. The zero-order chi connectivity index (χ0) is 9.42. The third-order valence-electron chi connectivity index (χ3n) is 2.57. The Kier molecular flexibility index (Phi) is 1.96. The van der Waals surface area contributed by atoms with Crippen LogP contribution in [0.4, 0.5) is 10.1 Å². The second-order valence-electron chi connectivity index (χ2n) is 3.55. The Labute approximate surface area is 76.9 Å². The molecule has 0 aliphatic carbocycles. The van der Waals surface area contributed by atoms with Crippen LogP contribution in [0.15, 0.2) is 18.2 Å². The summed E-state index contributed by atoms with van der Waals surface area (Å²) in [5.74, 6) is -0.0407. The standard InChI is InChI=1S/C10H13FN2/c1-6(12)7-5-13-9-4-2-3-8(11)10(7)9/h2-4,6-7,13H,5,12H2,1H3. The lowest BCUT2D eigenvalue weighted by Crippen LogP contribution is -2.26. The van der Waals surface area contributed by atoms with Gasteiger partial charge in [0, 0.05) is 29.8 Å². The van der Waals surface area contributed by atoms with Crippen molar-refractivity contribution in [3.63, 3.8) is 0 Å². The maximum absolute atomic E-state index is 13.4. The molecule has 2 atom stereocenters. The summed E-state index contributed by atoms with van der Waals surface area (Å²) in [5, 5.41) is 3.15. The Morgan fingerprint density at radius 2 is 2.38 bits per heavy atom. The van der Waals surface area contributed by atoms with Gasteiger partial charge in [-0.05, 0) is 19.1 Å². The molecule has 70 valence electrons. The van der Waals surface area contributed by atoms with E-state index in [0.29, 0.717) is 0 Å². The van der Waals surface area contributed by atoms with Crippen molar-refractivity contribution in [3.8, 4) is 0 Å². The summed E-state index contributed by atoms with van der Waals surface area (Å²) in [6, 6.07) is 5.08. The molecule has 1 aliphatic rings. The van der Waals surface area contributed by atoms with Crippen molar-refractivity contribution in [1.29, 1.82) is 0 Å². The molecule has 1 aromatic carbocycles. The van der Waals surface area contributed by atoms with Gasteiger partial charge in [-0.2, -0.15) is 0 Å². The first-order chi connectivity index (χ1) is 6.20. The molecule has 3 heteroatoms. The maximum Gasteiger partial charge on any atom is 0.128 e. The van der Waals surface area contributed by atoms with Crippen molar-refractivity contribution < 1.29 is 4.39 Å². The number of rotatable bonds is 1. The summed E-state index contributed by atoms with van der Waals surface area (Å²) in [5.41, 5.74) is 7.41. The minimum absolute atomic E-state index is 0.00866. The molecule has 2 nitrogen and oxygen atoms in total. The van der Waals surface area contributed by atoms with Gasteiger partial charge in [0.1, 0.15) is 5.82 Å². The zero-order valence-electron chi connectivity index (χ0n) is 7.55. The van der Waals surface area contributed by atoms with Gasteiger partial charge < -0.3 is 11.1 Å². The summed E-state index contributed by atoms with van der Waals surface area (Å²) in [6.07, 6.45) is 0. The first-order valence-electron chi connectivity index (χ1n) is 4.48. The molecule has 1 heterocycles. The maximum atomic E-state index is 13.4. The van der Waals surface area contributed by atoms with Crippen LogP contribution in [0.5, 0.6) is 0 Å². The molecule has 1 aliphatic heterocycles. The van der Waals surface area contributed by atoms with E-state index in [2.05, 4.69) is 5.32 Å². The van der Waals surface area contributed by atoms with Crippen LogP contribution in [-0.2, 0) is 0 Å². The number of nitrogens with one attached hydrogen (secondary N) is 1. The largest absolute Gasteiger partial charge is 0.384 e. The van der Waals surface area contributed by atoms with Crippen molar-refractivity contribution in [1.82, 2.24) is 0 Å². The van der Waals surface area contributed by atoms with Gasteiger partial charge in [0.25, 0.3) is 0 Å². The molecule has 0 saturated carbocycles. The summed E-state index contributed by atoms with van der Waals surface area (Å²) >= 11 is 0. The van der Waals surface area contributed by atoms with E-state index >= 15 is 0 Å². The molecule has 0 fully saturated rings. The molecule has 0 aromatic heterocycles. The molecule has 1 aromatic rings. The van der Waals surface area contributed by atoms with Gasteiger partial charge in [-0.3, -0.25) is 0 Å². The number of hydrogen-bond donors (Lipinski definition) is 2. The van der Waals surface area contributed by atoms with Gasteiger partial charge in [-0.25, -0.2) is 4.39 Å². The normalized spacial score (nSPS) is 22.2. The molecule has 0 saturated heterocycles. The number of anilines is 1. The first kappa shape index (κ1) is 8.51. The number of benzene rings is 1. The van der Waals surface area contributed by atoms with E-state index in [1.807, 2.05) is 13.0 Å². The van der Waals surface area contributed by atoms with Crippen LogP contribution in [-0.4, -0.2) is 12.6 Å². The molecule has 0 amide bonds. The lowest BCUT2D eigenvalue weighted by atomic mass is 9.95. The van der Waals surface area contributed by atoms with Crippen molar-refractivity contribution in [2.75, 3.05) is 11.9 Å². The van der Waals surface area contributed by atoms with E-state index in [0.717, 1.165) is 17.8 Å². The SMILES string of the molecule is CC(N)C1CNc2cccc(F)c21. The van der Waals surface area contributed by atoms with Crippen molar-refractivity contribution in [3.05, 3.63) is 29.6 Å². The monoisotopic (exact) mass is 180 g/mol. The fraction of sp³-hybridized carbons (Fsp3) is 0.400. The first-order valence-corrected chi connectivity index (χ1v) is 4.48. The second-order valence-corrected chi connectivity index (χ2v) is 3.55. The molecule has 13 heavy (non-hydrogen) atoms. The lowest BCUT2D eigenvalue weighted by molar-refractivity contribution is 0.554. The highest BCUT2D eigenvalue weighted by Crippen LogP contribution is 2.34. The van der Waals surface area contributed by atoms with E-state index in [1.165, 1.54) is 6.07 Å². The van der Waals surface area contributed by atoms with E-state index in [1.54, 1.807) is 6.07 Å². The van der Waals surface area contributed by atoms with E-state index < -0.39 is 0 Å². The topological polar surface area (TPSA) is 38.0 Å². The Morgan fingerprint density at radius 1 is 1.62 bits per heavy atom. The lowest BCUT2D eigenvalue weighted by Gasteiger charge is -2.14. The minimum atomic E-state index is -0.148. The predicted molar refractivity (Wildman–Crippen MR) is 51.3 cm³/mol. The smallest absolute Gasteiger partial charge is 0.128 e. The van der Waals surface area contributed by atoms with Gasteiger partial charge in [0.05, 0.1) is 0 Å². The summed E-state index contributed by atoms with van der Waals surface area (Å²) in [4.78, 5) is 0. The highest BCUT2D eigenvalue weighted by atomic mass is 19.1. The van der Waals surface area contributed by atoms with E-state index in [4.69, 9.17) is 5.73 Å². The van der Waals surface area contributed by atoms with Gasteiger partial charge in [0.2, 0.25) is 0 Å². The molecule has 0 spiro atoms. The number of halogens is 1. The second kappa shape index (κ2) is 3.00. The minimum Gasteiger partial charge on any atom is -0.384 e. The number of hydrogen-bond acceptors (Lipinski definition) is 2. The summed E-state index contributed by atoms with van der Waals surface area (Å²) < 4.78 is 13.4. The van der Waals surface area contributed by atoms with Crippen molar-refractivity contribution >= 4 is 5.69 Å². The highest BCUT2D eigenvalue weighted by molar-refractivity contribution is 5.58. The fourth-order valence-electron chi connectivity index (χ4n) is 1.84. The molecular formula is C10H13FN2. The van der Waals surface area contributed by atoms with Crippen LogP contribution in [0.3, 0.4) is 0 Å². The molecular weight excluding hydrogens is 167 g/mol. The Morgan fingerprint density at radius 3 is 3.08 bits per heavy atom. The Bertz CT molecular complexity index is 323. The fourth-order valence-corrected chi connectivity index (χ4v) is 1.84. The molecule has 3 N–H and O–H groups in total. The average molecular weight is 180 g/mol. The van der Waals surface area contributed by atoms with Gasteiger partial charge in [-0.1, -0.05) is 6.07 Å². The van der Waals surface area contributed by atoms with Gasteiger partial charge >= 0.3 is 0 Å². The van der Waals surface area contributed by atoms with E-state index in [9.17, 15) is 4.39 Å². The Balaban J connectivity index is 2.46.